The molecule has 0 aromatic carbocycles. The molecule has 0 amide bonds. The number of halogens is 1. The quantitative estimate of drug-likeness (QED) is 0.885. The molecule has 2 rings (SSSR count). The number of rotatable bonds is 6. The second-order valence-electron chi connectivity index (χ2n) is 5.38. The van der Waals surface area contributed by atoms with Gasteiger partial charge in [-0.3, -0.25) is 9.48 Å². The van der Waals surface area contributed by atoms with Gasteiger partial charge in [-0.25, -0.2) is 4.68 Å². The zero-order valence-corrected chi connectivity index (χ0v) is 13.3. The fourth-order valence-corrected chi connectivity index (χ4v) is 2.25. The summed E-state index contributed by atoms with van der Waals surface area (Å²) >= 11 is 6.12. The van der Waals surface area contributed by atoms with Crippen molar-refractivity contribution in [2.24, 2.45) is 13.0 Å². The molecule has 2 aromatic heterocycles. The summed E-state index contributed by atoms with van der Waals surface area (Å²) in [4.78, 5) is 12.1. The van der Waals surface area contributed by atoms with E-state index in [2.05, 4.69) is 15.5 Å². The van der Waals surface area contributed by atoms with E-state index in [1.807, 2.05) is 31.6 Å². The lowest BCUT2D eigenvalue weighted by Gasteiger charge is -2.11. The number of aryl methyl sites for hydroxylation is 1. The Kier molecular flexibility index (Phi) is 5.01. The first-order chi connectivity index (χ1) is 9.99. The van der Waals surface area contributed by atoms with Crippen LogP contribution in [-0.4, -0.2) is 26.1 Å². The van der Waals surface area contributed by atoms with Gasteiger partial charge in [-0.15, -0.1) is 0 Å². The van der Waals surface area contributed by atoms with Crippen molar-refractivity contribution in [1.29, 1.82) is 0 Å². The Labute approximate surface area is 128 Å². The fourth-order valence-electron chi connectivity index (χ4n) is 2.04. The molecule has 21 heavy (non-hydrogen) atoms. The summed E-state index contributed by atoms with van der Waals surface area (Å²) in [5.41, 5.74) is 1.43. The number of anilines is 1. The lowest BCUT2D eigenvalue weighted by atomic mass is 10.2. The van der Waals surface area contributed by atoms with Crippen LogP contribution in [0.15, 0.2) is 23.3 Å². The molecule has 2 heterocycles. The normalized spacial score (nSPS) is 11.1. The van der Waals surface area contributed by atoms with Crippen LogP contribution in [0.1, 0.15) is 19.5 Å². The summed E-state index contributed by atoms with van der Waals surface area (Å²) in [5.74, 6) is 0.343. The highest BCUT2D eigenvalue weighted by Gasteiger charge is 2.10. The SMILES string of the molecule is CC(C)Cn1ncc(NCCc2ccnn2C)c(Cl)c1=O. The van der Waals surface area contributed by atoms with Crippen molar-refractivity contribution in [3.05, 3.63) is 39.5 Å². The van der Waals surface area contributed by atoms with Crippen molar-refractivity contribution in [3.8, 4) is 0 Å². The number of nitrogens with zero attached hydrogens (tertiary/aromatic N) is 4. The number of nitrogens with one attached hydrogen (secondary N) is 1. The van der Waals surface area contributed by atoms with E-state index >= 15 is 0 Å². The lowest BCUT2D eigenvalue weighted by Crippen LogP contribution is -2.26. The molecule has 0 atom stereocenters. The first kappa shape index (κ1) is 15.6. The fraction of sp³-hybridized carbons (Fsp3) is 0.500. The Hall–Kier alpha value is -1.82. The van der Waals surface area contributed by atoms with Gasteiger partial charge >= 0.3 is 0 Å². The molecular weight excluding hydrogens is 290 g/mol. The highest BCUT2D eigenvalue weighted by atomic mass is 35.5. The third kappa shape index (κ3) is 3.85. The molecule has 0 radical (unpaired) electrons. The van der Waals surface area contributed by atoms with Crippen LogP contribution in [-0.2, 0) is 20.0 Å². The largest absolute Gasteiger partial charge is 0.382 e. The number of aromatic nitrogens is 4. The molecule has 0 bridgehead atoms. The smallest absolute Gasteiger partial charge is 0.287 e. The van der Waals surface area contributed by atoms with Gasteiger partial charge in [0.1, 0.15) is 5.02 Å². The summed E-state index contributed by atoms with van der Waals surface area (Å²) in [6.45, 7) is 5.28. The molecule has 114 valence electrons. The molecular formula is C14H20ClN5O. The summed E-state index contributed by atoms with van der Waals surface area (Å²) in [7, 11) is 1.90. The zero-order valence-electron chi connectivity index (χ0n) is 12.5. The van der Waals surface area contributed by atoms with Crippen LogP contribution in [0.5, 0.6) is 0 Å². The predicted octanol–water partition coefficient (Wildman–Crippen LogP) is 1.94. The topological polar surface area (TPSA) is 64.7 Å². The van der Waals surface area contributed by atoms with E-state index in [-0.39, 0.29) is 10.6 Å². The molecule has 2 aromatic rings. The highest BCUT2D eigenvalue weighted by Crippen LogP contribution is 2.15. The van der Waals surface area contributed by atoms with Gasteiger partial charge in [0.25, 0.3) is 5.56 Å². The van der Waals surface area contributed by atoms with Crippen LogP contribution < -0.4 is 10.9 Å². The maximum Gasteiger partial charge on any atom is 0.287 e. The third-order valence-electron chi connectivity index (χ3n) is 3.14. The van der Waals surface area contributed by atoms with Gasteiger partial charge in [0.05, 0.1) is 11.9 Å². The molecule has 0 unspecified atom stereocenters. The third-order valence-corrected chi connectivity index (χ3v) is 3.51. The van der Waals surface area contributed by atoms with Crippen molar-refractivity contribution in [3.63, 3.8) is 0 Å². The Morgan fingerprint density at radius 3 is 2.76 bits per heavy atom. The van der Waals surface area contributed by atoms with Crippen molar-refractivity contribution in [2.45, 2.75) is 26.8 Å². The molecule has 1 N–H and O–H groups in total. The van der Waals surface area contributed by atoms with E-state index in [1.165, 1.54) is 4.68 Å². The summed E-state index contributed by atoms with van der Waals surface area (Å²) in [5, 5.41) is 11.6. The van der Waals surface area contributed by atoms with Crippen molar-refractivity contribution >= 4 is 17.3 Å². The molecule has 0 saturated carbocycles. The van der Waals surface area contributed by atoms with Crippen LogP contribution >= 0.6 is 11.6 Å². The maximum absolute atomic E-state index is 12.1. The molecule has 0 aliphatic carbocycles. The first-order valence-electron chi connectivity index (χ1n) is 6.95. The van der Waals surface area contributed by atoms with Gasteiger partial charge < -0.3 is 5.32 Å². The minimum Gasteiger partial charge on any atom is -0.382 e. The second kappa shape index (κ2) is 6.76. The standard InChI is InChI=1S/C14H20ClN5O/c1-10(2)9-20-14(21)13(15)12(8-18-20)16-6-4-11-5-7-17-19(11)3/h5,7-8,10,16H,4,6,9H2,1-3H3. The second-order valence-corrected chi connectivity index (χ2v) is 5.75. The summed E-state index contributed by atoms with van der Waals surface area (Å²) in [6.07, 6.45) is 4.16. The first-order valence-corrected chi connectivity index (χ1v) is 7.33. The van der Waals surface area contributed by atoms with Crippen LogP contribution in [0.3, 0.4) is 0 Å². The molecule has 0 spiro atoms. The van der Waals surface area contributed by atoms with Gasteiger partial charge in [-0.2, -0.15) is 10.2 Å². The Morgan fingerprint density at radius 2 is 2.14 bits per heavy atom. The summed E-state index contributed by atoms with van der Waals surface area (Å²) < 4.78 is 3.22. The lowest BCUT2D eigenvalue weighted by molar-refractivity contribution is 0.464. The van der Waals surface area contributed by atoms with Crippen LogP contribution in [0.25, 0.3) is 0 Å². The zero-order chi connectivity index (χ0) is 15.4. The van der Waals surface area contributed by atoms with Crippen LogP contribution in [0.2, 0.25) is 5.02 Å². The van der Waals surface area contributed by atoms with Gasteiger partial charge in [-0.05, 0) is 12.0 Å². The van der Waals surface area contributed by atoms with E-state index in [9.17, 15) is 4.79 Å². The van der Waals surface area contributed by atoms with Crippen LogP contribution in [0.4, 0.5) is 5.69 Å². The minimum atomic E-state index is -0.254. The van der Waals surface area contributed by atoms with Gasteiger partial charge in [-0.1, -0.05) is 25.4 Å². The van der Waals surface area contributed by atoms with Crippen molar-refractivity contribution < 1.29 is 0 Å². The molecule has 0 saturated heterocycles. The highest BCUT2D eigenvalue weighted by molar-refractivity contribution is 6.32. The van der Waals surface area contributed by atoms with Crippen molar-refractivity contribution in [1.82, 2.24) is 19.6 Å². The Bertz CT molecular complexity index is 662. The average molecular weight is 310 g/mol. The van der Waals surface area contributed by atoms with E-state index in [0.717, 1.165) is 12.1 Å². The number of hydrogen-bond acceptors (Lipinski definition) is 4. The minimum absolute atomic E-state index is 0.190. The summed E-state index contributed by atoms with van der Waals surface area (Å²) in [6, 6.07) is 1.96. The van der Waals surface area contributed by atoms with E-state index in [1.54, 1.807) is 12.4 Å². The molecule has 7 heteroatoms. The average Bonchev–Trinajstić information content (AvgIpc) is 2.83. The van der Waals surface area contributed by atoms with Crippen molar-refractivity contribution in [2.75, 3.05) is 11.9 Å². The van der Waals surface area contributed by atoms with Gasteiger partial charge in [0.15, 0.2) is 0 Å². The van der Waals surface area contributed by atoms with Crippen LogP contribution in [0, 0.1) is 5.92 Å². The molecule has 6 nitrogen and oxygen atoms in total. The molecule has 0 aliphatic heterocycles. The maximum atomic E-state index is 12.1. The predicted molar refractivity (Wildman–Crippen MR) is 83.7 cm³/mol. The van der Waals surface area contributed by atoms with E-state index in [4.69, 9.17) is 11.6 Å². The molecule has 0 fully saturated rings. The van der Waals surface area contributed by atoms with E-state index in [0.29, 0.717) is 24.7 Å². The monoisotopic (exact) mass is 309 g/mol. The number of hydrogen-bond donors (Lipinski definition) is 1. The Balaban J connectivity index is 2.02. The van der Waals surface area contributed by atoms with Gasteiger partial charge in [0.2, 0.25) is 0 Å². The molecule has 0 aliphatic rings. The van der Waals surface area contributed by atoms with E-state index < -0.39 is 0 Å². The Morgan fingerprint density at radius 1 is 1.38 bits per heavy atom. The van der Waals surface area contributed by atoms with Gasteiger partial charge in [0, 0.05) is 38.4 Å².